The lowest BCUT2D eigenvalue weighted by atomic mass is 9.99. The van der Waals surface area contributed by atoms with Gasteiger partial charge in [-0.2, -0.15) is 0 Å². The minimum atomic E-state index is -4.37. The van der Waals surface area contributed by atoms with Crippen molar-refractivity contribution in [2.45, 2.75) is 130 Å². The Kier molecular flexibility index (Phi) is 17.3. The number of hydrogen-bond donors (Lipinski definition) is 2. The van der Waals surface area contributed by atoms with Gasteiger partial charge in [0.25, 0.3) is 0 Å². The molecule has 26 heavy (non-hydrogen) atoms. The van der Waals surface area contributed by atoms with Gasteiger partial charge in [-0.1, -0.05) is 117 Å². The second kappa shape index (κ2) is 17.2. The fourth-order valence-corrected chi connectivity index (χ4v) is 4.10. The van der Waals surface area contributed by atoms with Crippen LogP contribution in [0.4, 0.5) is 0 Å². The molecule has 5 heteroatoms. The Hall–Kier alpha value is 0.110. The number of phosphoric acid groups is 1. The second-order valence-corrected chi connectivity index (χ2v) is 9.31. The zero-order valence-electron chi connectivity index (χ0n) is 17.6. The number of unbranched alkanes of at least 4 members (excludes halogenated alkanes) is 14. The Labute approximate surface area is 162 Å². The highest BCUT2D eigenvalue weighted by Gasteiger charge is 2.24. The molecule has 0 rings (SSSR count). The van der Waals surface area contributed by atoms with Crippen LogP contribution in [0.5, 0.6) is 0 Å². The van der Waals surface area contributed by atoms with Crippen molar-refractivity contribution in [1.29, 1.82) is 0 Å². The van der Waals surface area contributed by atoms with Crippen molar-refractivity contribution in [3.8, 4) is 0 Å². The summed E-state index contributed by atoms with van der Waals surface area (Å²) in [5.41, 5.74) is 0. The molecule has 2 N–H and O–H groups in total. The quantitative estimate of drug-likeness (QED) is 0.178. The second-order valence-electron chi connectivity index (χ2n) is 8.12. The van der Waals surface area contributed by atoms with Crippen LogP contribution in [-0.2, 0) is 9.09 Å². The Morgan fingerprint density at radius 2 is 1.04 bits per heavy atom. The minimum absolute atomic E-state index is 0.134. The average Bonchev–Trinajstić information content (AvgIpc) is 2.56. The number of rotatable bonds is 19. The lowest BCUT2D eigenvalue weighted by Crippen LogP contribution is -2.18. The molecule has 4 nitrogen and oxygen atoms in total. The normalized spacial score (nSPS) is 13.5. The summed E-state index contributed by atoms with van der Waals surface area (Å²) in [7, 11) is -4.37. The molecule has 0 radical (unpaired) electrons. The fourth-order valence-electron chi connectivity index (χ4n) is 3.40. The van der Waals surface area contributed by atoms with E-state index in [4.69, 9.17) is 14.3 Å². The van der Waals surface area contributed by atoms with Crippen molar-refractivity contribution >= 4 is 7.82 Å². The first kappa shape index (κ1) is 26.1. The molecule has 0 amide bonds. The molecule has 0 aliphatic heterocycles. The third-order valence-electron chi connectivity index (χ3n) is 5.11. The maximum absolute atomic E-state index is 11.0. The molecular weight excluding hydrogens is 347 g/mol. The summed E-state index contributed by atoms with van der Waals surface area (Å²) in [6.07, 6.45) is 20.3. The molecule has 0 bridgehead atoms. The highest BCUT2D eigenvalue weighted by atomic mass is 31.2. The van der Waals surface area contributed by atoms with E-state index < -0.39 is 7.82 Å². The lowest BCUT2D eigenvalue weighted by molar-refractivity contribution is 0.0912. The van der Waals surface area contributed by atoms with Gasteiger partial charge in [-0.15, -0.1) is 0 Å². The van der Waals surface area contributed by atoms with Gasteiger partial charge >= 0.3 is 7.82 Å². The van der Waals surface area contributed by atoms with Gasteiger partial charge in [0.1, 0.15) is 0 Å². The average molecular weight is 393 g/mol. The Balaban J connectivity index is 3.36. The summed E-state index contributed by atoms with van der Waals surface area (Å²) >= 11 is 0. The van der Waals surface area contributed by atoms with Gasteiger partial charge < -0.3 is 9.79 Å². The predicted molar refractivity (Wildman–Crippen MR) is 111 cm³/mol. The molecule has 1 unspecified atom stereocenters. The van der Waals surface area contributed by atoms with Crippen LogP contribution in [0.3, 0.4) is 0 Å². The molecule has 0 spiro atoms. The predicted octanol–water partition coefficient (Wildman–Crippen LogP) is 7.38. The van der Waals surface area contributed by atoms with Gasteiger partial charge in [0, 0.05) is 0 Å². The maximum atomic E-state index is 11.0. The van der Waals surface area contributed by atoms with Crippen LogP contribution in [0, 0.1) is 5.92 Å². The largest absolute Gasteiger partial charge is 0.469 e. The van der Waals surface area contributed by atoms with E-state index in [1.807, 2.05) is 13.8 Å². The highest BCUT2D eigenvalue weighted by molar-refractivity contribution is 7.46. The molecular formula is C21H45O4P. The summed E-state index contributed by atoms with van der Waals surface area (Å²) in [4.78, 5) is 17.9. The van der Waals surface area contributed by atoms with Crippen molar-refractivity contribution in [1.82, 2.24) is 0 Å². The van der Waals surface area contributed by atoms with Crippen molar-refractivity contribution in [3.05, 3.63) is 0 Å². The van der Waals surface area contributed by atoms with Crippen LogP contribution in [0.15, 0.2) is 0 Å². The Morgan fingerprint density at radius 3 is 1.35 bits per heavy atom. The SMILES string of the molecule is CCCCCCCCCCCCCCCCCC(OP(=O)(O)O)C(C)C. The van der Waals surface area contributed by atoms with Crippen LogP contribution in [-0.4, -0.2) is 15.9 Å². The maximum Gasteiger partial charge on any atom is 0.469 e. The van der Waals surface area contributed by atoms with Crippen molar-refractivity contribution in [3.63, 3.8) is 0 Å². The van der Waals surface area contributed by atoms with E-state index in [1.54, 1.807) is 0 Å². The van der Waals surface area contributed by atoms with E-state index in [1.165, 1.54) is 83.5 Å². The molecule has 0 aliphatic rings. The molecule has 0 fully saturated rings. The fraction of sp³-hybridized carbons (Fsp3) is 1.00. The van der Waals surface area contributed by atoms with Crippen molar-refractivity contribution in [2.24, 2.45) is 5.92 Å². The summed E-state index contributed by atoms with van der Waals surface area (Å²) in [6, 6.07) is 0. The number of hydrogen-bond acceptors (Lipinski definition) is 2. The third kappa shape index (κ3) is 18.9. The van der Waals surface area contributed by atoms with E-state index >= 15 is 0 Å². The van der Waals surface area contributed by atoms with Gasteiger partial charge in [-0.3, -0.25) is 4.52 Å². The van der Waals surface area contributed by atoms with Crippen LogP contribution >= 0.6 is 7.82 Å². The molecule has 0 aromatic rings. The van der Waals surface area contributed by atoms with E-state index in [0.717, 1.165) is 19.3 Å². The zero-order chi connectivity index (χ0) is 19.7. The Morgan fingerprint density at radius 1 is 0.692 bits per heavy atom. The molecule has 0 saturated carbocycles. The smallest absolute Gasteiger partial charge is 0.303 e. The van der Waals surface area contributed by atoms with Crippen LogP contribution in [0.2, 0.25) is 0 Å². The molecule has 0 aliphatic carbocycles. The summed E-state index contributed by atoms with van der Waals surface area (Å²) < 4.78 is 15.9. The van der Waals surface area contributed by atoms with E-state index in [2.05, 4.69) is 6.92 Å². The van der Waals surface area contributed by atoms with Crippen LogP contribution in [0.1, 0.15) is 124 Å². The highest BCUT2D eigenvalue weighted by Crippen LogP contribution is 2.40. The first-order valence-corrected chi connectivity index (χ1v) is 12.6. The minimum Gasteiger partial charge on any atom is -0.303 e. The summed E-state index contributed by atoms with van der Waals surface area (Å²) in [5, 5.41) is 0. The lowest BCUT2D eigenvalue weighted by Gasteiger charge is -2.21. The van der Waals surface area contributed by atoms with Gasteiger partial charge in [-0.05, 0) is 12.3 Å². The van der Waals surface area contributed by atoms with Crippen LogP contribution < -0.4 is 0 Å². The van der Waals surface area contributed by atoms with Gasteiger partial charge in [0.2, 0.25) is 0 Å². The zero-order valence-corrected chi connectivity index (χ0v) is 18.5. The van der Waals surface area contributed by atoms with Crippen molar-refractivity contribution in [2.75, 3.05) is 0 Å². The molecule has 0 saturated heterocycles. The molecule has 0 aromatic heterocycles. The summed E-state index contributed by atoms with van der Waals surface area (Å²) in [5.74, 6) is 0.134. The summed E-state index contributed by atoms with van der Waals surface area (Å²) in [6.45, 7) is 6.17. The number of phosphoric ester groups is 1. The molecule has 0 aromatic carbocycles. The third-order valence-corrected chi connectivity index (χ3v) is 5.65. The van der Waals surface area contributed by atoms with E-state index in [-0.39, 0.29) is 12.0 Å². The Bertz CT molecular complexity index is 341. The molecule has 158 valence electrons. The van der Waals surface area contributed by atoms with Crippen LogP contribution in [0.25, 0.3) is 0 Å². The first-order chi connectivity index (χ1) is 12.4. The molecule has 0 heterocycles. The van der Waals surface area contributed by atoms with Crippen molar-refractivity contribution < 1.29 is 18.9 Å². The van der Waals surface area contributed by atoms with E-state index in [0.29, 0.717) is 0 Å². The van der Waals surface area contributed by atoms with Gasteiger partial charge in [-0.25, -0.2) is 4.57 Å². The molecule has 1 atom stereocenters. The van der Waals surface area contributed by atoms with Gasteiger partial charge in [0.05, 0.1) is 6.10 Å². The van der Waals surface area contributed by atoms with Gasteiger partial charge in [0.15, 0.2) is 0 Å². The first-order valence-electron chi connectivity index (χ1n) is 11.1. The monoisotopic (exact) mass is 392 g/mol. The topological polar surface area (TPSA) is 66.8 Å². The standard InChI is InChI=1S/C21H45O4P/c1-4-5-6-7-8-9-10-11-12-13-14-15-16-17-18-19-21(20(2)3)25-26(22,23)24/h20-21H,4-19H2,1-3H3,(H2,22,23,24). The van der Waals surface area contributed by atoms with E-state index in [9.17, 15) is 4.57 Å².